The third kappa shape index (κ3) is 2.79. The van der Waals surface area contributed by atoms with Gasteiger partial charge in [-0.1, -0.05) is 0 Å². The largest absolute Gasteiger partial charge is 0.469 e. The molecule has 0 spiro atoms. The molecule has 7 nitrogen and oxygen atoms in total. The summed E-state index contributed by atoms with van der Waals surface area (Å²) in [4.78, 5) is 21.9. The Morgan fingerprint density at radius 2 is 2.04 bits per heavy atom. The second-order valence-corrected chi connectivity index (χ2v) is 6.61. The van der Waals surface area contributed by atoms with Crippen molar-refractivity contribution in [2.45, 2.75) is 39.5 Å². The summed E-state index contributed by atoms with van der Waals surface area (Å²) < 4.78 is 7.25. The van der Waals surface area contributed by atoms with Crippen molar-refractivity contribution in [1.82, 2.24) is 19.7 Å². The van der Waals surface area contributed by atoms with Gasteiger partial charge in [-0.05, 0) is 39.0 Å². The summed E-state index contributed by atoms with van der Waals surface area (Å²) in [5.41, 5.74) is 3.22. The first kappa shape index (κ1) is 16.5. The van der Waals surface area contributed by atoms with Gasteiger partial charge < -0.3 is 9.73 Å². The maximum absolute atomic E-state index is 12.9. The summed E-state index contributed by atoms with van der Waals surface area (Å²) in [6.07, 6.45) is 2.71. The van der Waals surface area contributed by atoms with Crippen LogP contribution in [0.1, 0.15) is 52.5 Å². The third-order valence-corrected chi connectivity index (χ3v) is 4.58. The minimum Gasteiger partial charge on any atom is -0.469 e. The quantitative estimate of drug-likeness (QED) is 0.777. The topological polar surface area (TPSA) is 85.8 Å². The van der Waals surface area contributed by atoms with Crippen LogP contribution in [0, 0.1) is 13.8 Å². The monoisotopic (exact) mass is 351 g/mol. The molecule has 1 unspecified atom stereocenters. The highest BCUT2D eigenvalue weighted by Crippen LogP contribution is 2.36. The lowest BCUT2D eigenvalue weighted by molar-refractivity contribution is 0.0960. The van der Waals surface area contributed by atoms with Gasteiger partial charge >= 0.3 is 0 Å². The minimum absolute atomic E-state index is 0.000771. The van der Waals surface area contributed by atoms with Gasteiger partial charge in [-0.3, -0.25) is 4.79 Å². The number of fused-ring (bicyclic) bond motifs is 1. The molecule has 7 heteroatoms. The standard InChI is InChI=1S/C19H21N5O2/c1-4-20-18-17-14(9-13(10-15(17)25)16-6-5-7-26-16)24(23-18)19-21-11(2)8-12(3)22-19/h5-8,13H,4,9-10H2,1-3H3,(H,20,23). The van der Waals surface area contributed by atoms with Crippen molar-refractivity contribution < 1.29 is 9.21 Å². The van der Waals surface area contributed by atoms with E-state index in [1.807, 2.05) is 39.0 Å². The number of nitrogens with one attached hydrogen (secondary N) is 1. The zero-order chi connectivity index (χ0) is 18.3. The van der Waals surface area contributed by atoms with E-state index in [0.717, 1.165) is 22.8 Å². The van der Waals surface area contributed by atoms with Crippen molar-refractivity contribution in [1.29, 1.82) is 0 Å². The lowest BCUT2D eigenvalue weighted by Crippen LogP contribution is -2.21. The molecule has 0 amide bonds. The molecule has 0 aromatic carbocycles. The molecule has 0 radical (unpaired) electrons. The van der Waals surface area contributed by atoms with Gasteiger partial charge in [0.2, 0.25) is 0 Å². The summed E-state index contributed by atoms with van der Waals surface area (Å²) >= 11 is 0. The van der Waals surface area contributed by atoms with E-state index in [2.05, 4.69) is 20.4 Å². The number of aryl methyl sites for hydroxylation is 2. The average Bonchev–Trinajstić information content (AvgIpc) is 3.22. The van der Waals surface area contributed by atoms with Crippen LogP contribution in [-0.2, 0) is 6.42 Å². The van der Waals surface area contributed by atoms with Crippen LogP contribution in [0.5, 0.6) is 0 Å². The summed E-state index contributed by atoms with van der Waals surface area (Å²) in [5, 5.41) is 7.83. The van der Waals surface area contributed by atoms with E-state index in [1.165, 1.54) is 0 Å². The Balaban J connectivity index is 1.86. The smallest absolute Gasteiger partial charge is 0.251 e. The first-order chi connectivity index (χ1) is 12.6. The molecular weight excluding hydrogens is 330 g/mol. The Labute approximate surface area is 151 Å². The molecule has 1 atom stereocenters. The zero-order valence-corrected chi connectivity index (χ0v) is 15.1. The van der Waals surface area contributed by atoms with Gasteiger partial charge in [-0.2, -0.15) is 0 Å². The summed E-state index contributed by atoms with van der Waals surface area (Å²) in [7, 11) is 0. The van der Waals surface area contributed by atoms with Crippen molar-refractivity contribution in [3.8, 4) is 5.95 Å². The molecule has 3 heterocycles. The van der Waals surface area contributed by atoms with Gasteiger partial charge in [0.15, 0.2) is 11.6 Å². The molecule has 4 rings (SSSR count). The molecule has 0 bridgehead atoms. The molecular formula is C19H21N5O2. The van der Waals surface area contributed by atoms with Gasteiger partial charge in [0, 0.05) is 36.7 Å². The van der Waals surface area contributed by atoms with Crippen LogP contribution in [0.2, 0.25) is 0 Å². The number of carbonyl (C=O) groups is 1. The number of rotatable bonds is 4. The number of furan rings is 1. The van der Waals surface area contributed by atoms with Gasteiger partial charge in [0.1, 0.15) is 5.76 Å². The fourth-order valence-electron chi connectivity index (χ4n) is 3.55. The molecule has 26 heavy (non-hydrogen) atoms. The van der Waals surface area contributed by atoms with E-state index in [1.54, 1.807) is 10.9 Å². The molecule has 0 saturated carbocycles. The summed E-state index contributed by atoms with van der Waals surface area (Å²) in [6.45, 7) is 6.52. The second kappa shape index (κ2) is 6.40. The van der Waals surface area contributed by atoms with Crippen LogP contribution in [0.15, 0.2) is 28.9 Å². The Morgan fingerprint density at radius 3 is 2.69 bits per heavy atom. The molecule has 3 aromatic rings. The van der Waals surface area contributed by atoms with Crippen LogP contribution < -0.4 is 5.32 Å². The van der Waals surface area contributed by atoms with E-state index in [9.17, 15) is 4.79 Å². The van der Waals surface area contributed by atoms with Crippen LogP contribution >= 0.6 is 0 Å². The highest BCUT2D eigenvalue weighted by atomic mass is 16.3. The van der Waals surface area contributed by atoms with E-state index in [-0.39, 0.29) is 11.7 Å². The maximum atomic E-state index is 12.9. The first-order valence-electron chi connectivity index (χ1n) is 8.81. The molecule has 1 aliphatic carbocycles. The Kier molecular flexibility index (Phi) is 4.06. The molecule has 3 aromatic heterocycles. The molecule has 0 saturated heterocycles. The van der Waals surface area contributed by atoms with Gasteiger partial charge in [0.05, 0.1) is 17.5 Å². The van der Waals surface area contributed by atoms with Crippen LogP contribution in [0.3, 0.4) is 0 Å². The number of ketones is 1. The zero-order valence-electron chi connectivity index (χ0n) is 15.1. The number of carbonyl (C=O) groups excluding carboxylic acids is 1. The van der Waals surface area contributed by atoms with Crippen LogP contribution in [0.4, 0.5) is 5.82 Å². The Morgan fingerprint density at radius 1 is 1.27 bits per heavy atom. The number of nitrogens with zero attached hydrogens (tertiary/aromatic N) is 4. The van der Waals surface area contributed by atoms with Crippen molar-refractivity contribution >= 4 is 11.6 Å². The molecule has 0 fully saturated rings. The van der Waals surface area contributed by atoms with Gasteiger partial charge in [-0.15, -0.1) is 5.10 Å². The first-order valence-corrected chi connectivity index (χ1v) is 8.81. The molecule has 134 valence electrons. The van der Waals surface area contributed by atoms with E-state index in [4.69, 9.17) is 4.42 Å². The lowest BCUT2D eigenvalue weighted by atomic mass is 9.85. The van der Waals surface area contributed by atoms with Crippen molar-refractivity contribution in [3.63, 3.8) is 0 Å². The highest BCUT2D eigenvalue weighted by molar-refractivity contribution is 6.03. The Hall–Kier alpha value is -2.96. The highest BCUT2D eigenvalue weighted by Gasteiger charge is 2.35. The Bertz CT molecular complexity index is 938. The van der Waals surface area contributed by atoms with Crippen molar-refractivity contribution in [3.05, 3.63) is 52.9 Å². The fraction of sp³-hybridized carbons (Fsp3) is 0.368. The fourth-order valence-corrected chi connectivity index (χ4v) is 3.55. The normalized spacial score (nSPS) is 16.6. The van der Waals surface area contributed by atoms with Crippen LogP contribution in [-0.4, -0.2) is 32.1 Å². The molecule has 1 aliphatic rings. The number of hydrogen-bond acceptors (Lipinski definition) is 6. The van der Waals surface area contributed by atoms with Crippen molar-refractivity contribution in [2.24, 2.45) is 0 Å². The van der Waals surface area contributed by atoms with E-state index in [0.29, 0.717) is 36.7 Å². The van der Waals surface area contributed by atoms with Gasteiger partial charge in [0.25, 0.3) is 5.95 Å². The number of anilines is 1. The predicted octanol–water partition coefficient (Wildman–Crippen LogP) is 3.22. The molecule has 1 N–H and O–H groups in total. The molecule has 0 aliphatic heterocycles. The number of Topliss-reactive ketones (excluding diaryl/α,β-unsaturated/α-hetero) is 1. The average molecular weight is 351 g/mol. The minimum atomic E-state index is 0.000771. The number of hydrogen-bond donors (Lipinski definition) is 1. The predicted molar refractivity (Wildman–Crippen MR) is 96.9 cm³/mol. The van der Waals surface area contributed by atoms with Gasteiger partial charge in [-0.25, -0.2) is 14.6 Å². The van der Waals surface area contributed by atoms with E-state index < -0.39 is 0 Å². The lowest BCUT2D eigenvalue weighted by Gasteiger charge is -2.20. The summed E-state index contributed by atoms with van der Waals surface area (Å²) in [6, 6.07) is 5.69. The van der Waals surface area contributed by atoms with E-state index >= 15 is 0 Å². The van der Waals surface area contributed by atoms with Crippen molar-refractivity contribution in [2.75, 3.05) is 11.9 Å². The second-order valence-electron chi connectivity index (χ2n) is 6.61. The third-order valence-electron chi connectivity index (χ3n) is 4.58. The summed E-state index contributed by atoms with van der Waals surface area (Å²) in [5.74, 6) is 1.99. The SMILES string of the molecule is CCNc1nn(-c2nc(C)cc(C)n2)c2c1C(=O)CC(c1ccco1)C2. The number of aromatic nitrogens is 4. The maximum Gasteiger partial charge on any atom is 0.251 e. The van der Waals surface area contributed by atoms with Crippen LogP contribution in [0.25, 0.3) is 5.95 Å².